The van der Waals surface area contributed by atoms with Crippen molar-refractivity contribution in [2.45, 2.75) is 19.9 Å². The van der Waals surface area contributed by atoms with E-state index in [-0.39, 0.29) is 11.8 Å². The summed E-state index contributed by atoms with van der Waals surface area (Å²) in [7, 11) is 1.50. The summed E-state index contributed by atoms with van der Waals surface area (Å²) >= 11 is 3.31. The summed E-state index contributed by atoms with van der Waals surface area (Å²) < 4.78 is 5.98. The summed E-state index contributed by atoms with van der Waals surface area (Å²) in [5, 5.41) is 11.6. The van der Waals surface area contributed by atoms with E-state index in [1.54, 1.807) is 18.2 Å². The zero-order valence-corrected chi connectivity index (χ0v) is 12.1. The van der Waals surface area contributed by atoms with Gasteiger partial charge in [0.1, 0.15) is 11.8 Å². The molecule has 1 N–H and O–H groups in total. The molecule has 1 aromatic carbocycles. The van der Waals surface area contributed by atoms with Crippen molar-refractivity contribution in [1.29, 1.82) is 5.26 Å². The molecule has 0 aliphatic carbocycles. The lowest BCUT2D eigenvalue weighted by molar-refractivity contribution is 0.0934. The van der Waals surface area contributed by atoms with E-state index in [9.17, 15) is 4.79 Å². The molecule has 0 spiro atoms. The second-order valence-electron chi connectivity index (χ2n) is 4.17. The molecular weight excluding hydrogens is 296 g/mol. The Morgan fingerprint density at radius 3 is 2.67 bits per heavy atom. The maximum atomic E-state index is 12.1. The number of nitrogens with one attached hydrogen (secondary N) is 1. The van der Waals surface area contributed by atoms with E-state index in [0.29, 0.717) is 11.3 Å². The number of nitrogens with zero attached hydrogens (tertiary/aromatic N) is 1. The number of benzene rings is 1. The van der Waals surface area contributed by atoms with Gasteiger partial charge in [0, 0.05) is 4.47 Å². The van der Waals surface area contributed by atoms with Crippen LogP contribution < -0.4 is 10.1 Å². The molecule has 1 rings (SSSR count). The van der Waals surface area contributed by atoms with E-state index < -0.39 is 6.04 Å². The Morgan fingerprint density at radius 2 is 2.17 bits per heavy atom. The Labute approximate surface area is 115 Å². The molecule has 0 aromatic heterocycles. The molecule has 0 saturated heterocycles. The van der Waals surface area contributed by atoms with Crippen LogP contribution in [0.2, 0.25) is 0 Å². The summed E-state index contributed by atoms with van der Waals surface area (Å²) in [6.45, 7) is 3.76. The second-order valence-corrected chi connectivity index (χ2v) is 5.08. The maximum Gasteiger partial charge on any atom is 0.256 e. The Bertz CT molecular complexity index is 480. The summed E-state index contributed by atoms with van der Waals surface area (Å²) in [5.74, 6) is 0.224. The third kappa shape index (κ3) is 3.47. The average molecular weight is 311 g/mol. The second kappa shape index (κ2) is 6.41. The highest BCUT2D eigenvalue weighted by molar-refractivity contribution is 9.10. The van der Waals surface area contributed by atoms with Gasteiger partial charge in [-0.2, -0.15) is 5.26 Å². The van der Waals surface area contributed by atoms with E-state index in [2.05, 4.69) is 27.3 Å². The zero-order chi connectivity index (χ0) is 13.7. The van der Waals surface area contributed by atoms with Crippen LogP contribution in [0.4, 0.5) is 0 Å². The maximum absolute atomic E-state index is 12.1. The number of nitriles is 1. The van der Waals surface area contributed by atoms with Gasteiger partial charge in [0.2, 0.25) is 0 Å². The molecular formula is C13H15BrN2O2. The lowest BCUT2D eigenvalue weighted by Crippen LogP contribution is -2.37. The van der Waals surface area contributed by atoms with Gasteiger partial charge in [0.05, 0.1) is 18.7 Å². The molecule has 1 amide bonds. The third-order valence-corrected chi connectivity index (χ3v) is 2.99. The van der Waals surface area contributed by atoms with E-state index in [0.717, 1.165) is 4.47 Å². The lowest BCUT2D eigenvalue weighted by atomic mass is 10.1. The third-order valence-electron chi connectivity index (χ3n) is 2.50. The molecule has 5 heteroatoms. The number of rotatable bonds is 4. The smallest absolute Gasteiger partial charge is 0.256 e. The van der Waals surface area contributed by atoms with Crippen LogP contribution in [0, 0.1) is 17.2 Å². The summed E-state index contributed by atoms with van der Waals surface area (Å²) in [4.78, 5) is 12.1. The highest BCUT2D eigenvalue weighted by Crippen LogP contribution is 2.23. The minimum atomic E-state index is -0.508. The fourth-order valence-corrected chi connectivity index (χ4v) is 1.76. The van der Waals surface area contributed by atoms with Crippen molar-refractivity contribution < 1.29 is 9.53 Å². The predicted molar refractivity (Wildman–Crippen MR) is 72.4 cm³/mol. The topological polar surface area (TPSA) is 62.1 Å². The minimum Gasteiger partial charge on any atom is -0.496 e. The number of amides is 1. The molecule has 1 atom stereocenters. The standard InChI is InChI=1S/C13H15BrN2O2/c1-8(2)11(7-15)16-13(17)10-5-4-9(14)6-12(10)18-3/h4-6,8,11H,1-3H3,(H,16,17). The number of carbonyl (C=O) groups is 1. The van der Waals surface area contributed by atoms with Crippen LogP contribution in [0.25, 0.3) is 0 Å². The van der Waals surface area contributed by atoms with Crippen molar-refractivity contribution in [3.05, 3.63) is 28.2 Å². The van der Waals surface area contributed by atoms with Crippen molar-refractivity contribution in [1.82, 2.24) is 5.32 Å². The molecule has 1 aromatic rings. The van der Waals surface area contributed by atoms with Crippen LogP contribution in [0.5, 0.6) is 5.75 Å². The van der Waals surface area contributed by atoms with Gasteiger partial charge in [-0.15, -0.1) is 0 Å². The Kier molecular flexibility index (Phi) is 5.17. The molecule has 0 bridgehead atoms. The van der Waals surface area contributed by atoms with Gasteiger partial charge in [0.25, 0.3) is 5.91 Å². The van der Waals surface area contributed by atoms with E-state index >= 15 is 0 Å². The number of ether oxygens (including phenoxy) is 1. The van der Waals surface area contributed by atoms with Gasteiger partial charge in [-0.1, -0.05) is 29.8 Å². The molecule has 0 aliphatic rings. The Hall–Kier alpha value is -1.54. The van der Waals surface area contributed by atoms with Crippen LogP contribution >= 0.6 is 15.9 Å². The van der Waals surface area contributed by atoms with Crippen molar-refractivity contribution in [3.8, 4) is 11.8 Å². The van der Waals surface area contributed by atoms with E-state index in [4.69, 9.17) is 10.00 Å². The van der Waals surface area contributed by atoms with Gasteiger partial charge in [-0.3, -0.25) is 4.79 Å². The molecule has 0 heterocycles. The van der Waals surface area contributed by atoms with Gasteiger partial charge in [-0.05, 0) is 24.1 Å². The molecule has 0 aliphatic heterocycles. The first-order valence-corrected chi connectivity index (χ1v) is 6.33. The highest BCUT2D eigenvalue weighted by atomic mass is 79.9. The summed E-state index contributed by atoms with van der Waals surface area (Å²) in [5.41, 5.74) is 0.418. The van der Waals surface area contributed by atoms with Crippen LogP contribution in [-0.4, -0.2) is 19.1 Å². The number of hydrogen-bond donors (Lipinski definition) is 1. The number of hydrogen-bond acceptors (Lipinski definition) is 3. The molecule has 18 heavy (non-hydrogen) atoms. The van der Waals surface area contributed by atoms with Gasteiger partial charge in [0.15, 0.2) is 0 Å². The summed E-state index contributed by atoms with van der Waals surface area (Å²) in [6.07, 6.45) is 0. The first-order valence-electron chi connectivity index (χ1n) is 5.53. The quantitative estimate of drug-likeness (QED) is 0.930. The van der Waals surface area contributed by atoms with Crippen molar-refractivity contribution in [2.75, 3.05) is 7.11 Å². The molecule has 96 valence electrons. The van der Waals surface area contributed by atoms with E-state index in [1.165, 1.54) is 7.11 Å². The zero-order valence-electron chi connectivity index (χ0n) is 10.5. The SMILES string of the molecule is COc1cc(Br)ccc1C(=O)NC(C#N)C(C)C. The van der Waals surface area contributed by atoms with Crippen LogP contribution in [0.3, 0.4) is 0 Å². The fourth-order valence-electron chi connectivity index (χ4n) is 1.42. The van der Waals surface area contributed by atoms with Gasteiger partial charge < -0.3 is 10.1 Å². The fraction of sp³-hybridized carbons (Fsp3) is 0.385. The first kappa shape index (κ1) is 14.5. The van der Waals surface area contributed by atoms with Crippen LogP contribution in [-0.2, 0) is 0 Å². The minimum absolute atomic E-state index is 0.0559. The van der Waals surface area contributed by atoms with Crippen LogP contribution in [0.15, 0.2) is 22.7 Å². The highest BCUT2D eigenvalue weighted by Gasteiger charge is 2.19. The average Bonchev–Trinajstić information content (AvgIpc) is 2.34. The van der Waals surface area contributed by atoms with Gasteiger partial charge in [-0.25, -0.2) is 0 Å². The van der Waals surface area contributed by atoms with Crippen LogP contribution in [0.1, 0.15) is 24.2 Å². The Morgan fingerprint density at radius 1 is 1.50 bits per heavy atom. The molecule has 1 unspecified atom stereocenters. The monoisotopic (exact) mass is 310 g/mol. The molecule has 0 radical (unpaired) electrons. The number of methoxy groups -OCH3 is 1. The first-order chi connectivity index (χ1) is 8.49. The van der Waals surface area contributed by atoms with Gasteiger partial charge >= 0.3 is 0 Å². The van der Waals surface area contributed by atoms with E-state index in [1.807, 2.05) is 13.8 Å². The summed E-state index contributed by atoms with van der Waals surface area (Å²) in [6, 6.07) is 6.69. The normalized spacial score (nSPS) is 11.8. The Balaban J connectivity index is 2.94. The predicted octanol–water partition coefficient (Wildman–Crippen LogP) is 2.74. The largest absolute Gasteiger partial charge is 0.496 e. The van der Waals surface area contributed by atoms with Crippen molar-refractivity contribution in [3.63, 3.8) is 0 Å². The van der Waals surface area contributed by atoms with Crippen molar-refractivity contribution >= 4 is 21.8 Å². The number of halogens is 1. The lowest BCUT2D eigenvalue weighted by Gasteiger charge is -2.16. The number of carbonyl (C=O) groups excluding carboxylic acids is 1. The molecule has 0 saturated carbocycles. The van der Waals surface area contributed by atoms with Crippen molar-refractivity contribution in [2.24, 2.45) is 5.92 Å². The molecule has 4 nitrogen and oxygen atoms in total. The molecule has 0 fully saturated rings.